The Bertz CT molecular complexity index is 367. The van der Waals surface area contributed by atoms with Gasteiger partial charge in [0.15, 0.2) is 0 Å². The number of nitrogens with two attached hydrogens (primary N) is 1. The first kappa shape index (κ1) is 12.5. The van der Waals surface area contributed by atoms with Crippen LogP contribution in [0.2, 0.25) is 0 Å². The molecule has 0 spiro atoms. The molecule has 1 aromatic rings. The minimum absolute atomic E-state index is 0.330. The zero-order chi connectivity index (χ0) is 12.4. The summed E-state index contributed by atoms with van der Waals surface area (Å²) in [5, 5.41) is 0. The molecule has 0 amide bonds. The zero-order valence-electron chi connectivity index (χ0n) is 11.1. The third-order valence-corrected chi connectivity index (χ3v) is 4.12. The van der Waals surface area contributed by atoms with E-state index >= 15 is 0 Å². The van der Waals surface area contributed by atoms with Crippen molar-refractivity contribution in [3.8, 4) is 0 Å². The molecular formula is C14H23N3. The quantitative estimate of drug-likeness (QED) is 0.868. The molecule has 1 saturated heterocycles. The molecule has 1 aliphatic rings. The van der Waals surface area contributed by atoms with Gasteiger partial charge >= 0.3 is 0 Å². The third-order valence-electron chi connectivity index (χ3n) is 4.12. The Kier molecular flexibility index (Phi) is 3.79. The molecule has 3 unspecified atom stereocenters. The molecule has 0 aliphatic carbocycles. The van der Waals surface area contributed by atoms with E-state index in [9.17, 15) is 0 Å². The summed E-state index contributed by atoms with van der Waals surface area (Å²) in [7, 11) is 0. The van der Waals surface area contributed by atoms with Gasteiger partial charge in [-0.25, -0.2) is 0 Å². The van der Waals surface area contributed by atoms with Gasteiger partial charge < -0.3 is 5.73 Å². The molecule has 0 saturated carbocycles. The normalized spacial score (nSPS) is 27.3. The van der Waals surface area contributed by atoms with Crippen molar-refractivity contribution < 1.29 is 0 Å². The number of nitrogens with zero attached hydrogens (tertiary/aromatic N) is 2. The number of aryl methyl sites for hydroxylation is 1. The van der Waals surface area contributed by atoms with Crippen LogP contribution in [0.3, 0.4) is 0 Å². The fourth-order valence-corrected chi connectivity index (χ4v) is 2.73. The summed E-state index contributed by atoms with van der Waals surface area (Å²) in [6, 6.07) is 2.40. The van der Waals surface area contributed by atoms with Gasteiger partial charge in [-0.15, -0.1) is 0 Å². The standard InChI is InChI=1S/C14H23N3/c1-10-4-5-16-7-13(10)14(6-15)17-8-11(2)12(3)9-17/h4-5,7,11-12,14H,6,8-9,15H2,1-3H3. The Balaban J connectivity index is 2.20. The zero-order valence-corrected chi connectivity index (χ0v) is 11.1. The van der Waals surface area contributed by atoms with Crippen molar-refractivity contribution in [1.82, 2.24) is 9.88 Å². The van der Waals surface area contributed by atoms with Gasteiger partial charge in [0.05, 0.1) is 0 Å². The molecule has 3 nitrogen and oxygen atoms in total. The van der Waals surface area contributed by atoms with Gasteiger partial charge in [-0.2, -0.15) is 0 Å². The second-order valence-electron chi connectivity index (χ2n) is 5.39. The lowest BCUT2D eigenvalue weighted by Crippen LogP contribution is -2.32. The van der Waals surface area contributed by atoms with Gasteiger partial charge in [0.2, 0.25) is 0 Å². The highest BCUT2D eigenvalue weighted by Crippen LogP contribution is 2.31. The van der Waals surface area contributed by atoms with Gasteiger partial charge in [0.25, 0.3) is 0 Å². The van der Waals surface area contributed by atoms with E-state index in [0.717, 1.165) is 24.9 Å². The molecule has 0 radical (unpaired) electrons. The van der Waals surface area contributed by atoms with Crippen LogP contribution in [-0.2, 0) is 0 Å². The number of hydrogen-bond donors (Lipinski definition) is 1. The first-order valence-electron chi connectivity index (χ1n) is 6.48. The fourth-order valence-electron chi connectivity index (χ4n) is 2.73. The van der Waals surface area contributed by atoms with Gasteiger partial charge in [0.1, 0.15) is 0 Å². The van der Waals surface area contributed by atoms with Crippen LogP contribution in [0.4, 0.5) is 0 Å². The van der Waals surface area contributed by atoms with Gasteiger partial charge in [0, 0.05) is 38.1 Å². The van der Waals surface area contributed by atoms with Crippen LogP contribution in [0.15, 0.2) is 18.5 Å². The second-order valence-corrected chi connectivity index (χ2v) is 5.39. The van der Waals surface area contributed by atoms with E-state index in [2.05, 4.69) is 36.7 Å². The number of rotatable bonds is 3. The second kappa shape index (κ2) is 5.15. The summed E-state index contributed by atoms with van der Waals surface area (Å²) in [5.41, 5.74) is 8.56. The fraction of sp³-hybridized carbons (Fsp3) is 0.643. The predicted molar refractivity (Wildman–Crippen MR) is 70.7 cm³/mol. The maximum absolute atomic E-state index is 5.97. The molecule has 3 heteroatoms. The third kappa shape index (κ3) is 2.50. The molecule has 0 aromatic carbocycles. The van der Waals surface area contributed by atoms with E-state index in [1.54, 1.807) is 0 Å². The van der Waals surface area contributed by atoms with Crippen LogP contribution in [0.1, 0.15) is 31.0 Å². The summed E-state index contributed by atoms with van der Waals surface area (Å²) in [6.07, 6.45) is 3.82. The molecule has 94 valence electrons. The molecule has 3 atom stereocenters. The topological polar surface area (TPSA) is 42.1 Å². The molecule has 1 fully saturated rings. The molecule has 2 N–H and O–H groups in total. The van der Waals surface area contributed by atoms with E-state index in [4.69, 9.17) is 5.73 Å². The number of aromatic nitrogens is 1. The highest BCUT2D eigenvalue weighted by Gasteiger charge is 2.31. The van der Waals surface area contributed by atoms with Crippen molar-refractivity contribution >= 4 is 0 Å². The Hall–Kier alpha value is -0.930. The maximum Gasteiger partial charge on any atom is 0.0488 e. The largest absolute Gasteiger partial charge is 0.329 e. The summed E-state index contributed by atoms with van der Waals surface area (Å²) in [5.74, 6) is 1.53. The average molecular weight is 233 g/mol. The van der Waals surface area contributed by atoms with E-state index in [-0.39, 0.29) is 0 Å². The minimum atomic E-state index is 0.330. The molecule has 2 rings (SSSR count). The minimum Gasteiger partial charge on any atom is -0.329 e. The molecule has 1 aliphatic heterocycles. The van der Waals surface area contributed by atoms with E-state index < -0.39 is 0 Å². The monoisotopic (exact) mass is 233 g/mol. The van der Waals surface area contributed by atoms with Crippen molar-refractivity contribution in [2.24, 2.45) is 17.6 Å². The van der Waals surface area contributed by atoms with Crippen LogP contribution in [0.5, 0.6) is 0 Å². The lowest BCUT2D eigenvalue weighted by atomic mass is 10.0. The van der Waals surface area contributed by atoms with Crippen molar-refractivity contribution in [2.75, 3.05) is 19.6 Å². The molecule has 2 heterocycles. The van der Waals surface area contributed by atoms with E-state index in [1.165, 1.54) is 11.1 Å². The van der Waals surface area contributed by atoms with Gasteiger partial charge in [-0.05, 0) is 36.0 Å². The first-order chi connectivity index (χ1) is 8.13. The average Bonchev–Trinajstić information content (AvgIpc) is 2.63. The van der Waals surface area contributed by atoms with Crippen molar-refractivity contribution in [2.45, 2.75) is 26.8 Å². The summed E-state index contributed by atoms with van der Waals surface area (Å²) in [6.45, 7) is 9.77. The van der Waals surface area contributed by atoms with Gasteiger partial charge in [-0.3, -0.25) is 9.88 Å². The Morgan fingerprint density at radius 2 is 2.06 bits per heavy atom. The molecule has 0 bridgehead atoms. The Morgan fingerprint density at radius 3 is 2.59 bits per heavy atom. The number of likely N-dealkylation sites (tertiary alicyclic amines) is 1. The van der Waals surface area contributed by atoms with Crippen molar-refractivity contribution in [3.63, 3.8) is 0 Å². The number of pyridine rings is 1. The first-order valence-corrected chi connectivity index (χ1v) is 6.48. The molecule has 1 aromatic heterocycles. The smallest absolute Gasteiger partial charge is 0.0488 e. The highest BCUT2D eigenvalue weighted by molar-refractivity contribution is 5.25. The van der Waals surface area contributed by atoms with E-state index in [1.807, 2.05) is 12.4 Å². The number of hydrogen-bond acceptors (Lipinski definition) is 3. The maximum atomic E-state index is 5.97. The van der Waals surface area contributed by atoms with Crippen LogP contribution in [0.25, 0.3) is 0 Å². The van der Waals surface area contributed by atoms with Gasteiger partial charge in [-0.1, -0.05) is 13.8 Å². The Labute approximate surface area is 104 Å². The lowest BCUT2D eigenvalue weighted by Gasteiger charge is -2.28. The summed E-state index contributed by atoms with van der Waals surface area (Å²) in [4.78, 5) is 6.75. The lowest BCUT2D eigenvalue weighted by molar-refractivity contribution is 0.239. The Morgan fingerprint density at radius 1 is 1.41 bits per heavy atom. The van der Waals surface area contributed by atoms with Crippen molar-refractivity contribution in [3.05, 3.63) is 29.6 Å². The van der Waals surface area contributed by atoms with Crippen LogP contribution in [-0.4, -0.2) is 29.5 Å². The van der Waals surface area contributed by atoms with Crippen molar-refractivity contribution in [1.29, 1.82) is 0 Å². The van der Waals surface area contributed by atoms with Crippen LogP contribution < -0.4 is 5.73 Å². The molecular weight excluding hydrogens is 210 g/mol. The highest BCUT2D eigenvalue weighted by atomic mass is 15.2. The van der Waals surface area contributed by atoms with Crippen LogP contribution in [0, 0.1) is 18.8 Å². The van der Waals surface area contributed by atoms with E-state index in [0.29, 0.717) is 12.6 Å². The van der Waals surface area contributed by atoms with Crippen LogP contribution >= 0.6 is 0 Å². The SMILES string of the molecule is Cc1ccncc1C(CN)N1CC(C)C(C)C1. The predicted octanol–water partition coefficient (Wildman–Crippen LogP) is 1.98. The summed E-state index contributed by atoms with van der Waals surface area (Å²) < 4.78 is 0. The summed E-state index contributed by atoms with van der Waals surface area (Å²) >= 11 is 0. The molecule has 17 heavy (non-hydrogen) atoms.